The van der Waals surface area contributed by atoms with Crippen molar-refractivity contribution in [2.75, 3.05) is 18.9 Å². The molecule has 0 spiro atoms. The van der Waals surface area contributed by atoms with Gasteiger partial charge in [-0.3, -0.25) is 4.90 Å². The Balaban J connectivity index is 2.06. The van der Waals surface area contributed by atoms with Gasteiger partial charge >= 0.3 is 0 Å². The van der Waals surface area contributed by atoms with Gasteiger partial charge in [0, 0.05) is 29.8 Å². The third-order valence-electron chi connectivity index (χ3n) is 3.13. The lowest BCUT2D eigenvalue weighted by molar-refractivity contribution is 0.184. The second-order valence-corrected chi connectivity index (χ2v) is 5.63. The van der Waals surface area contributed by atoms with E-state index < -0.39 is 0 Å². The Kier molecular flexibility index (Phi) is 5.59. The van der Waals surface area contributed by atoms with Crippen LogP contribution in [0.25, 0.3) is 0 Å². The topological polar surface area (TPSA) is 49.5 Å². The zero-order valence-corrected chi connectivity index (χ0v) is 12.9. The van der Waals surface area contributed by atoms with Gasteiger partial charge in [-0.1, -0.05) is 36.4 Å². The average molecular weight is 335 g/mol. The minimum atomic E-state index is 0.152. The Hall–Kier alpha value is -1.36. The molecule has 4 heteroatoms. The minimum Gasteiger partial charge on any atom is -0.398 e. The van der Waals surface area contributed by atoms with Gasteiger partial charge in [0.05, 0.1) is 6.61 Å². The van der Waals surface area contributed by atoms with E-state index in [-0.39, 0.29) is 6.61 Å². The summed E-state index contributed by atoms with van der Waals surface area (Å²) < 4.78 is 0.915. The zero-order valence-electron chi connectivity index (χ0n) is 11.3. The number of hydrogen-bond donors (Lipinski definition) is 2. The van der Waals surface area contributed by atoms with Crippen LogP contribution in [0.3, 0.4) is 0 Å². The minimum absolute atomic E-state index is 0.152. The van der Waals surface area contributed by atoms with E-state index in [9.17, 15) is 5.11 Å². The van der Waals surface area contributed by atoms with E-state index in [1.807, 2.05) is 30.3 Å². The van der Waals surface area contributed by atoms with Gasteiger partial charge in [-0.15, -0.1) is 0 Å². The van der Waals surface area contributed by atoms with Gasteiger partial charge in [0.15, 0.2) is 0 Å². The number of aliphatic hydroxyl groups is 1. The van der Waals surface area contributed by atoms with Gasteiger partial charge in [-0.05, 0) is 39.2 Å². The highest BCUT2D eigenvalue weighted by atomic mass is 79.9. The number of aliphatic hydroxyl groups excluding tert-OH is 1. The number of halogens is 1. The first kappa shape index (κ1) is 15.0. The molecule has 0 fully saturated rings. The van der Waals surface area contributed by atoms with Crippen molar-refractivity contribution in [3.8, 4) is 0 Å². The molecule has 20 heavy (non-hydrogen) atoms. The molecule has 0 aliphatic carbocycles. The van der Waals surface area contributed by atoms with Crippen molar-refractivity contribution < 1.29 is 5.11 Å². The van der Waals surface area contributed by atoms with Crippen LogP contribution in [0.1, 0.15) is 11.1 Å². The van der Waals surface area contributed by atoms with Gasteiger partial charge in [0.25, 0.3) is 0 Å². The summed E-state index contributed by atoms with van der Waals surface area (Å²) in [5.74, 6) is 0. The summed E-state index contributed by atoms with van der Waals surface area (Å²) in [6.45, 7) is 2.38. The quantitative estimate of drug-likeness (QED) is 0.798. The second-order valence-electron chi connectivity index (χ2n) is 4.78. The van der Waals surface area contributed by atoms with Crippen LogP contribution in [0.15, 0.2) is 53.0 Å². The van der Waals surface area contributed by atoms with Crippen molar-refractivity contribution in [2.45, 2.75) is 13.1 Å². The molecule has 0 saturated heterocycles. The van der Waals surface area contributed by atoms with E-state index in [4.69, 9.17) is 5.73 Å². The van der Waals surface area contributed by atoms with Crippen LogP contribution >= 0.6 is 15.9 Å². The van der Waals surface area contributed by atoms with Crippen molar-refractivity contribution >= 4 is 21.6 Å². The molecule has 0 bridgehead atoms. The van der Waals surface area contributed by atoms with Crippen LogP contribution < -0.4 is 5.73 Å². The first-order chi connectivity index (χ1) is 9.69. The normalized spacial score (nSPS) is 10.9. The maximum absolute atomic E-state index is 9.22. The van der Waals surface area contributed by atoms with Crippen LogP contribution in [-0.4, -0.2) is 23.2 Å². The largest absolute Gasteiger partial charge is 0.398 e. The average Bonchev–Trinajstić information content (AvgIpc) is 2.44. The van der Waals surface area contributed by atoms with Gasteiger partial charge in [-0.25, -0.2) is 0 Å². The third kappa shape index (κ3) is 4.34. The molecule has 0 aromatic heterocycles. The fourth-order valence-corrected chi connectivity index (χ4v) is 2.39. The van der Waals surface area contributed by atoms with Crippen LogP contribution in [0, 0.1) is 0 Å². The number of nitrogens with two attached hydrogens (primary N) is 1. The van der Waals surface area contributed by atoms with Crippen molar-refractivity contribution in [1.29, 1.82) is 0 Å². The smallest absolute Gasteiger partial charge is 0.0558 e. The predicted octanol–water partition coefficient (Wildman–Crippen LogP) is 3.03. The van der Waals surface area contributed by atoms with Crippen LogP contribution in [0.2, 0.25) is 0 Å². The van der Waals surface area contributed by atoms with Crippen LogP contribution in [0.4, 0.5) is 5.69 Å². The Morgan fingerprint density at radius 2 is 1.70 bits per heavy atom. The molecule has 0 amide bonds. The fraction of sp³-hybridized carbons (Fsp3) is 0.250. The summed E-state index contributed by atoms with van der Waals surface area (Å²) in [5, 5.41) is 9.22. The van der Waals surface area contributed by atoms with E-state index in [1.165, 1.54) is 5.56 Å². The zero-order chi connectivity index (χ0) is 14.4. The highest BCUT2D eigenvalue weighted by Gasteiger charge is 2.07. The van der Waals surface area contributed by atoms with E-state index >= 15 is 0 Å². The summed E-state index contributed by atoms with van der Waals surface area (Å²) in [4.78, 5) is 2.21. The molecule has 0 aliphatic heterocycles. The summed E-state index contributed by atoms with van der Waals surface area (Å²) in [6, 6.07) is 16.3. The second kappa shape index (κ2) is 7.43. The molecule has 0 unspecified atom stereocenters. The lowest BCUT2D eigenvalue weighted by Crippen LogP contribution is -2.26. The van der Waals surface area contributed by atoms with E-state index in [0.717, 1.165) is 28.8 Å². The summed E-state index contributed by atoms with van der Waals surface area (Å²) in [5.41, 5.74) is 9.04. The Morgan fingerprint density at radius 3 is 2.35 bits per heavy atom. The number of rotatable bonds is 6. The highest BCUT2D eigenvalue weighted by Crippen LogP contribution is 2.21. The summed E-state index contributed by atoms with van der Waals surface area (Å²) in [6.07, 6.45) is 0. The lowest BCUT2D eigenvalue weighted by atomic mass is 10.1. The van der Waals surface area contributed by atoms with E-state index in [2.05, 4.69) is 39.0 Å². The SMILES string of the molecule is Nc1cc(CN(CCO)Cc2ccccc2)ccc1Br. The number of anilines is 1. The first-order valence-electron chi connectivity index (χ1n) is 6.60. The monoisotopic (exact) mass is 334 g/mol. The Morgan fingerprint density at radius 1 is 1.00 bits per heavy atom. The number of hydrogen-bond acceptors (Lipinski definition) is 3. The fourth-order valence-electron chi connectivity index (χ4n) is 2.15. The third-order valence-corrected chi connectivity index (χ3v) is 3.85. The molecule has 0 aliphatic rings. The van der Waals surface area contributed by atoms with Crippen molar-refractivity contribution in [1.82, 2.24) is 4.90 Å². The van der Waals surface area contributed by atoms with Crippen LogP contribution in [-0.2, 0) is 13.1 Å². The molecule has 0 heterocycles. The van der Waals surface area contributed by atoms with Gasteiger partial charge in [0.1, 0.15) is 0 Å². The Bertz CT molecular complexity index is 545. The molecule has 3 nitrogen and oxygen atoms in total. The molecule has 3 N–H and O–H groups in total. The maximum atomic E-state index is 9.22. The van der Waals surface area contributed by atoms with E-state index in [0.29, 0.717) is 6.54 Å². The molecule has 0 atom stereocenters. The summed E-state index contributed by atoms with van der Waals surface area (Å²) in [7, 11) is 0. The molecular formula is C16H19BrN2O. The molecular weight excluding hydrogens is 316 g/mol. The van der Waals surface area contributed by atoms with E-state index in [1.54, 1.807) is 0 Å². The van der Waals surface area contributed by atoms with Crippen molar-refractivity contribution in [3.05, 3.63) is 64.1 Å². The number of nitrogens with zero attached hydrogens (tertiary/aromatic N) is 1. The standard InChI is InChI=1S/C16H19BrN2O/c17-15-7-6-14(10-16(15)18)12-19(8-9-20)11-13-4-2-1-3-5-13/h1-7,10,20H,8-9,11-12,18H2. The molecule has 0 radical (unpaired) electrons. The Labute approximate surface area is 128 Å². The van der Waals surface area contributed by atoms with Gasteiger partial charge in [0.2, 0.25) is 0 Å². The van der Waals surface area contributed by atoms with Crippen molar-refractivity contribution in [2.24, 2.45) is 0 Å². The van der Waals surface area contributed by atoms with Gasteiger partial charge < -0.3 is 10.8 Å². The molecule has 2 aromatic rings. The number of benzene rings is 2. The predicted molar refractivity (Wildman–Crippen MR) is 86.2 cm³/mol. The van der Waals surface area contributed by atoms with Crippen molar-refractivity contribution in [3.63, 3.8) is 0 Å². The molecule has 2 rings (SSSR count). The van der Waals surface area contributed by atoms with Crippen LogP contribution in [0.5, 0.6) is 0 Å². The highest BCUT2D eigenvalue weighted by molar-refractivity contribution is 9.10. The first-order valence-corrected chi connectivity index (χ1v) is 7.39. The molecule has 0 saturated carbocycles. The maximum Gasteiger partial charge on any atom is 0.0558 e. The lowest BCUT2D eigenvalue weighted by Gasteiger charge is -2.21. The van der Waals surface area contributed by atoms with Gasteiger partial charge in [-0.2, -0.15) is 0 Å². The summed E-state index contributed by atoms with van der Waals surface area (Å²) >= 11 is 3.40. The molecule has 2 aromatic carbocycles. The molecule has 106 valence electrons. The number of nitrogen functional groups attached to an aromatic ring is 1.